The van der Waals surface area contributed by atoms with Crippen molar-refractivity contribution in [2.45, 2.75) is 38.0 Å². The van der Waals surface area contributed by atoms with E-state index < -0.39 is 11.9 Å². The lowest BCUT2D eigenvalue weighted by Crippen LogP contribution is -2.14. The summed E-state index contributed by atoms with van der Waals surface area (Å²) in [6.07, 6.45) is 7.15. The molecule has 27 heavy (non-hydrogen) atoms. The van der Waals surface area contributed by atoms with Gasteiger partial charge in [0.05, 0.1) is 5.92 Å². The van der Waals surface area contributed by atoms with E-state index in [2.05, 4.69) is 4.98 Å². The summed E-state index contributed by atoms with van der Waals surface area (Å²) >= 11 is 0. The topological polar surface area (TPSA) is 70.2 Å². The number of H-pyrrole nitrogens is 1. The number of benzene rings is 2. The van der Waals surface area contributed by atoms with Crippen LogP contribution in [0.4, 0.5) is 0 Å². The van der Waals surface area contributed by atoms with E-state index in [4.69, 9.17) is 0 Å². The Balaban J connectivity index is 1.65. The monoisotopic (exact) mass is 361 g/mol. The maximum atomic E-state index is 12.7. The SMILES string of the molecule is O=C(c1ccccc1)c1ccc2c(C(CC3CCCC3)C(=O)O)c[nH]c2c1. The Kier molecular flexibility index (Phi) is 4.80. The molecule has 4 rings (SSSR count). The first-order chi connectivity index (χ1) is 13.1. The maximum absolute atomic E-state index is 12.7. The van der Waals surface area contributed by atoms with Crippen molar-refractivity contribution in [1.82, 2.24) is 4.98 Å². The molecular formula is C23H23NO3. The second-order valence-electron chi connectivity index (χ2n) is 7.48. The number of ketones is 1. The van der Waals surface area contributed by atoms with Gasteiger partial charge in [-0.05, 0) is 24.0 Å². The van der Waals surface area contributed by atoms with Gasteiger partial charge in [-0.2, -0.15) is 0 Å². The van der Waals surface area contributed by atoms with E-state index >= 15 is 0 Å². The molecule has 1 aliphatic carbocycles. The first-order valence-electron chi connectivity index (χ1n) is 9.57. The number of hydrogen-bond donors (Lipinski definition) is 2. The Labute approximate surface area is 158 Å². The van der Waals surface area contributed by atoms with Gasteiger partial charge in [0.25, 0.3) is 0 Å². The molecule has 0 amide bonds. The number of aliphatic carboxylic acids is 1. The molecule has 1 aliphatic rings. The van der Waals surface area contributed by atoms with Crippen LogP contribution in [0.25, 0.3) is 10.9 Å². The van der Waals surface area contributed by atoms with E-state index in [0.717, 1.165) is 29.3 Å². The van der Waals surface area contributed by atoms with Gasteiger partial charge in [-0.25, -0.2) is 0 Å². The highest BCUT2D eigenvalue weighted by Crippen LogP contribution is 2.37. The molecule has 2 aromatic carbocycles. The molecule has 1 aromatic heterocycles. The van der Waals surface area contributed by atoms with Gasteiger partial charge in [0.1, 0.15) is 0 Å². The number of hydrogen-bond acceptors (Lipinski definition) is 2. The summed E-state index contributed by atoms with van der Waals surface area (Å²) in [5, 5.41) is 10.7. The molecular weight excluding hydrogens is 338 g/mol. The third-order valence-electron chi connectivity index (χ3n) is 5.73. The average molecular weight is 361 g/mol. The standard InChI is InChI=1S/C23H23NO3/c25-22(16-8-2-1-3-9-16)17-10-11-18-20(14-24-21(18)13-17)19(23(26)27)12-15-6-4-5-7-15/h1-3,8-11,13-15,19,24H,4-7,12H2,(H,26,27). The van der Waals surface area contributed by atoms with Crippen molar-refractivity contribution in [3.05, 3.63) is 71.4 Å². The van der Waals surface area contributed by atoms with Gasteiger partial charge in [-0.15, -0.1) is 0 Å². The number of carboxylic acids is 1. The molecule has 0 aliphatic heterocycles. The van der Waals surface area contributed by atoms with Crippen molar-refractivity contribution in [3.8, 4) is 0 Å². The van der Waals surface area contributed by atoms with Gasteiger partial charge < -0.3 is 10.1 Å². The number of carbonyl (C=O) groups is 2. The molecule has 2 N–H and O–H groups in total. The lowest BCUT2D eigenvalue weighted by atomic mass is 9.87. The summed E-state index contributed by atoms with van der Waals surface area (Å²) < 4.78 is 0. The molecule has 4 nitrogen and oxygen atoms in total. The van der Waals surface area contributed by atoms with Crippen molar-refractivity contribution in [3.63, 3.8) is 0 Å². The number of carboxylic acid groups (broad SMARTS) is 1. The highest BCUT2D eigenvalue weighted by Gasteiger charge is 2.28. The Morgan fingerprint density at radius 2 is 1.78 bits per heavy atom. The second-order valence-corrected chi connectivity index (χ2v) is 7.48. The van der Waals surface area contributed by atoms with Crippen molar-refractivity contribution < 1.29 is 14.7 Å². The van der Waals surface area contributed by atoms with Crippen LogP contribution in [-0.2, 0) is 4.79 Å². The van der Waals surface area contributed by atoms with Gasteiger partial charge in [0.2, 0.25) is 0 Å². The molecule has 0 radical (unpaired) electrons. The lowest BCUT2D eigenvalue weighted by molar-refractivity contribution is -0.139. The molecule has 3 aromatic rings. The van der Waals surface area contributed by atoms with Crippen molar-refractivity contribution >= 4 is 22.7 Å². The average Bonchev–Trinajstić information content (AvgIpc) is 3.35. The van der Waals surface area contributed by atoms with Crippen LogP contribution in [0.2, 0.25) is 0 Å². The van der Waals surface area contributed by atoms with Crippen LogP contribution in [0.1, 0.15) is 59.5 Å². The Morgan fingerprint density at radius 1 is 1.04 bits per heavy atom. The first-order valence-corrected chi connectivity index (χ1v) is 9.57. The molecule has 1 heterocycles. The largest absolute Gasteiger partial charge is 0.481 e. The molecule has 0 saturated heterocycles. The molecule has 4 heteroatoms. The summed E-state index contributed by atoms with van der Waals surface area (Å²) in [6, 6.07) is 14.7. The van der Waals surface area contributed by atoms with Gasteiger partial charge in [0, 0.05) is 28.2 Å². The third kappa shape index (κ3) is 3.52. The minimum atomic E-state index is -0.771. The highest BCUT2D eigenvalue weighted by atomic mass is 16.4. The van der Waals surface area contributed by atoms with E-state index in [1.165, 1.54) is 12.8 Å². The van der Waals surface area contributed by atoms with Crippen LogP contribution in [0.3, 0.4) is 0 Å². The zero-order valence-corrected chi connectivity index (χ0v) is 15.2. The number of fused-ring (bicyclic) bond motifs is 1. The fourth-order valence-corrected chi connectivity index (χ4v) is 4.27. The van der Waals surface area contributed by atoms with E-state index in [9.17, 15) is 14.7 Å². The fourth-order valence-electron chi connectivity index (χ4n) is 4.27. The predicted octanol–water partition coefficient (Wildman–Crippen LogP) is 5.15. The number of nitrogens with one attached hydrogen (secondary N) is 1. The van der Waals surface area contributed by atoms with E-state index in [-0.39, 0.29) is 5.78 Å². The second kappa shape index (κ2) is 7.39. The highest BCUT2D eigenvalue weighted by molar-refractivity contribution is 6.10. The van der Waals surface area contributed by atoms with E-state index in [1.807, 2.05) is 30.3 Å². The fraction of sp³-hybridized carbons (Fsp3) is 0.304. The zero-order valence-electron chi connectivity index (χ0n) is 15.2. The van der Waals surface area contributed by atoms with Crippen LogP contribution in [-0.4, -0.2) is 21.8 Å². The minimum Gasteiger partial charge on any atom is -0.481 e. The summed E-state index contributed by atoms with van der Waals surface area (Å²) in [5.41, 5.74) is 2.88. The summed E-state index contributed by atoms with van der Waals surface area (Å²) in [4.78, 5) is 27.8. The summed E-state index contributed by atoms with van der Waals surface area (Å²) in [5.74, 6) is -0.811. The van der Waals surface area contributed by atoms with Crippen LogP contribution in [0.5, 0.6) is 0 Å². The molecule has 0 spiro atoms. The van der Waals surface area contributed by atoms with Gasteiger partial charge in [0.15, 0.2) is 5.78 Å². The van der Waals surface area contributed by atoms with Gasteiger partial charge in [-0.3, -0.25) is 9.59 Å². The zero-order chi connectivity index (χ0) is 18.8. The van der Waals surface area contributed by atoms with Crippen LogP contribution in [0.15, 0.2) is 54.7 Å². The molecule has 1 atom stereocenters. The lowest BCUT2D eigenvalue weighted by Gasteiger charge is -2.16. The first kappa shape index (κ1) is 17.5. The van der Waals surface area contributed by atoms with Gasteiger partial charge in [-0.1, -0.05) is 68.1 Å². The molecule has 1 unspecified atom stereocenters. The van der Waals surface area contributed by atoms with Crippen molar-refractivity contribution in [1.29, 1.82) is 0 Å². The molecule has 1 fully saturated rings. The Morgan fingerprint density at radius 3 is 2.48 bits per heavy atom. The smallest absolute Gasteiger partial charge is 0.311 e. The third-order valence-corrected chi connectivity index (χ3v) is 5.73. The summed E-state index contributed by atoms with van der Waals surface area (Å²) in [6.45, 7) is 0. The quantitative estimate of drug-likeness (QED) is 0.597. The maximum Gasteiger partial charge on any atom is 0.311 e. The summed E-state index contributed by atoms with van der Waals surface area (Å²) in [7, 11) is 0. The number of aromatic nitrogens is 1. The van der Waals surface area contributed by atoms with Crippen molar-refractivity contribution in [2.24, 2.45) is 5.92 Å². The number of aromatic amines is 1. The Bertz CT molecular complexity index is 968. The molecule has 1 saturated carbocycles. The predicted molar refractivity (Wildman–Crippen MR) is 105 cm³/mol. The van der Waals surface area contributed by atoms with Crippen LogP contribution < -0.4 is 0 Å². The van der Waals surface area contributed by atoms with Crippen molar-refractivity contribution in [2.75, 3.05) is 0 Å². The van der Waals surface area contributed by atoms with E-state index in [1.54, 1.807) is 24.4 Å². The number of carbonyl (C=O) groups excluding carboxylic acids is 1. The minimum absolute atomic E-state index is 0.0330. The van der Waals surface area contributed by atoms with Gasteiger partial charge >= 0.3 is 5.97 Å². The molecule has 0 bridgehead atoms. The molecule has 138 valence electrons. The number of rotatable bonds is 6. The van der Waals surface area contributed by atoms with Crippen LogP contribution >= 0.6 is 0 Å². The normalized spacial score (nSPS) is 15.9. The van der Waals surface area contributed by atoms with E-state index in [0.29, 0.717) is 23.5 Å². The Hall–Kier alpha value is -2.88. The van der Waals surface area contributed by atoms with Crippen LogP contribution in [0, 0.1) is 5.92 Å².